The Morgan fingerprint density at radius 3 is 2.67 bits per heavy atom. The molecule has 6 N–H and O–H groups in total. The van der Waals surface area contributed by atoms with Gasteiger partial charge in [-0.25, -0.2) is 0 Å². The van der Waals surface area contributed by atoms with Crippen LogP contribution in [-0.4, -0.2) is 29.5 Å². The first-order valence-corrected chi connectivity index (χ1v) is 5.41. The number of carboxylic acid groups (broad SMARTS) is 1. The molecule has 0 amide bonds. The summed E-state index contributed by atoms with van der Waals surface area (Å²) >= 11 is 0. The third-order valence-electron chi connectivity index (χ3n) is 2.16. The Morgan fingerprint density at radius 1 is 1.47 bits per heavy atom. The van der Waals surface area contributed by atoms with E-state index in [9.17, 15) is 4.79 Å². The van der Waals surface area contributed by atoms with Crippen molar-refractivity contribution in [2.75, 3.05) is 6.54 Å². The highest BCUT2D eigenvalue weighted by Gasteiger charge is 2.10. The molecule has 0 rings (SSSR count). The predicted octanol–water partition coefficient (Wildman–Crippen LogP) is -1.19. The number of aliphatic carboxylic acids is 1. The van der Waals surface area contributed by atoms with Crippen molar-refractivity contribution >= 4 is 11.8 Å². The number of unbranched alkanes of at least 4 members (excludes halogenated alkanes) is 1. The van der Waals surface area contributed by atoms with Gasteiger partial charge in [0.25, 0.3) is 0 Å². The number of nitrogens with two attached hydrogens (primary N) is 2. The first kappa shape index (κ1) is 13.9. The number of hydrogen-bond acceptors (Lipinski definition) is 2. The maximum atomic E-state index is 10.4. The number of nitrogens with one attached hydrogen (secondary N) is 1. The van der Waals surface area contributed by atoms with Gasteiger partial charge in [0.2, 0.25) is 5.84 Å². The zero-order chi connectivity index (χ0) is 11.7. The van der Waals surface area contributed by atoms with Crippen LogP contribution in [0.4, 0.5) is 0 Å². The van der Waals surface area contributed by atoms with E-state index in [2.05, 4.69) is 11.9 Å². The summed E-state index contributed by atoms with van der Waals surface area (Å²) < 4.78 is 0. The first-order chi connectivity index (χ1) is 7.07. The molecule has 0 aliphatic rings. The Balaban J connectivity index is 3.55. The van der Waals surface area contributed by atoms with Crippen molar-refractivity contribution in [1.29, 1.82) is 0 Å². The average Bonchev–Trinajstić information content (AvgIpc) is 2.20. The highest BCUT2D eigenvalue weighted by molar-refractivity contribution is 5.74. The summed E-state index contributed by atoms with van der Waals surface area (Å²) in [7, 11) is 0. The zero-order valence-corrected chi connectivity index (χ0v) is 9.33. The topological polar surface area (TPSA) is 103 Å². The van der Waals surface area contributed by atoms with Crippen LogP contribution in [0.3, 0.4) is 0 Å². The van der Waals surface area contributed by atoms with Gasteiger partial charge in [0.05, 0.1) is 6.54 Å². The van der Waals surface area contributed by atoms with E-state index in [-0.39, 0.29) is 0 Å². The summed E-state index contributed by atoms with van der Waals surface area (Å²) in [6.07, 6.45) is 4.27. The van der Waals surface area contributed by atoms with Crippen LogP contribution in [0.15, 0.2) is 0 Å². The molecular formula is C10H22N3O2+. The largest absolute Gasteiger partial charge is 0.480 e. The van der Waals surface area contributed by atoms with Crippen LogP contribution < -0.4 is 16.5 Å². The molecule has 0 saturated heterocycles. The molecule has 15 heavy (non-hydrogen) atoms. The second-order valence-electron chi connectivity index (χ2n) is 3.64. The molecule has 0 saturated carbocycles. The summed E-state index contributed by atoms with van der Waals surface area (Å²) in [6, 6.07) is -0.760. The maximum absolute atomic E-state index is 10.4. The SMILES string of the molecule is CCCCC(N)=[NH+]CCC[C@H](N)C(=O)O. The van der Waals surface area contributed by atoms with Gasteiger partial charge in [0, 0.05) is 6.42 Å². The first-order valence-electron chi connectivity index (χ1n) is 5.41. The van der Waals surface area contributed by atoms with Crippen molar-refractivity contribution in [3.63, 3.8) is 0 Å². The van der Waals surface area contributed by atoms with E-state index in [0.717, 1.165) is 31.5 Å². The van der Waals surface area contributed by atoms with E-state index in [0.29, 0.717) is 13.0 Å². The standard InChI is InChI=1S/C10H21N3O2/c1-2-3-6-9(12)13-7-4-5-8(11)10(14)15/h8H,2-7,11H2,1H3,(H2,12,13)(H,14,15)/p+1/t8-/m0/s1. The van der Waals surface area contributed by atoms with Gasteiger partial charge in [-0.3, -0.25) is 15.5 Å². The van der Waals surface area contributed by atoms with Crippen LogP contribution in [0.2, 0.25) is 0 Å². The fraction of sp³-hybridized carbons (Fsp3) is 0.800. The van der Waals surface area contributed by atoms with Gasteiger partial charge >= 0.3 is 5.97 Å². The van der Waals surface area contributed by atoms with Crippen LogP contribution in [0.5, 0.6) is 0 Å². The van der Waals surface area contributed by atoms with Crippen LogP contribution in [0.25, 0.3) is 0 Å². The Hall–Kier alpha value is -1.10. The molecule has 0 radical (unpaired) electrons. The molecule has 0 aliphatic heterocycles. The van der Waals surface area contributed by atoms with Crippen molar-refractivity contribution in [3.8, 4) is 0 Å². The number of hydrogen-bond donors (Lipinski definition) is 4. The molecule has 5 nitrogen and oxygen atoms in total. The molecule has 0 spiro atoms. The normalized spacial score (nSPS) is 13.9. The Kier molecular flexibility index (Phi) is 7.62. The summed E-state index contributed by atoms with van der Waals surface area (Å²) in [4.78, 5) is 13.5. The van der Waals surface area contributed by atoms with E-state index in [1.165, 1.54) is 0 Å². The number of carboxylic acids is 1. The molecule has 0 heterocycles. The number of amidine groups is 1. The quantitative estimate of drug-likeness (QED) is 0.232. The fourth-order valence-corrected chi connectivity index (χ4v) is 1.15. The van der Waals surface area contributed by atoms with Gasteiger partial charge in [-0.05, 0) is 19.3 Å². The van der Waals surface area contributed by atoms with Crippen LogP contribution in [-0.2, 0) is 4.79 Å². The minimum Gasteiger partial charge on any atom is -0.480 e. The second-order valence-corrected chi connectivity index (χ2v) is 3.64. The zero-order valence-electron chi connectivity index (χ0n) is 9.33. The fourth-order valence-electron chi connectivity index (χ4n) is 1.15. The van der Waals surface area contributed by atoms with Crippen molar-refractivity contribution in [2.45, 2.75) is 45.1 Å². The minimum absolute atomic E-state index is 0.476. The summed E-state index contributed by atoms with van der Waals surface area (Å²) in [5, 5.41) is 8.53. The molecule has 0 unspecified atom stereocenters. The highest BCUT2D eigenvalue weighted by atomic mass is 16.4. The number of rotatable bonds is 8. The van der Waals surface area contributed by atoms with Crippen LogP contribution in [0.1, 0.15) is 39.0 Å². The molecule has 0 bridgehead atoms. The summed E-state index contributed by atoms with van der Waals surface area (Å²) in [5.41, 5.74) is 11.0. The lowest BCUT2D eigenvalue weighted by Gasteiger charge is -2.03. The average molecular weight is 216 g/mol. The van der Waals surface area contributed by atoms with Crippen LogP contribution >= 0.6 is 0 Å². The molecule has 0 aromatic carbocycles. The van der Waals surface area contributed by atoms with E-state index in [4.69, 9.17) is 16.6 Å². The van der Waals surface area contributed by atoms with Gasteiger partial charge in [0.15, 0.2) is 0 Å². The Labute approximate surface area is 90.6 Å². The minimum atomic E-state index is -0.946. The lowest BCUT2D eigenvalue weighted by Crippen LogP contribution is -2.75. The molecule has 88 valence electrons. The Morgan fingerprint density at radius 2 is 2.13 bits per heavy atom. The summed E-state index contributed by atoms with van der Waals surface area (Å²) in [5.74, 6) is -0.168. The van der Waals surface area contributed by atoms with Crippen molar-refractivity contribution < 1.29 is 14.9 Å². The van der Waals surface area contributed by atoms with Gasteiger partial charge < -0.3 is 10.8 Å². The lowest BCUT2D eigenvalue weighted by molar-refractivity contribution is -0.460. The van der Waals surface area contributed by atoms with Crippen molar-refractivity contribution in [1.82, 2.24) is 0 Å². The van der Waals surface area contributed by atoms with Crippen LogP contribution in [0, 0.1) is 0 Å². The van der Waals surface area contributed by atoms with Gasteiger partial charge in [-0.1, -0.05) is 13.3 Å². The van der Waals surface area contributed by atoms with E-state index in [1.807, 2.05) is 0 Å². The maximum Gasteiger partial charge on any atom is 0.320 e. The monoisotopic (exact) mass is 216 g/mol. The van der Waals surface area contributed by atoms with Crippen molar-refractivity contribution in [3.05, 3.63) is 0 Å². The highest BCUT2D eigenvalue weighted by Crippen LogP contribution is 1.91. The molecular weight excluding hydrogens is 194 g/mol. The molecule has 0 aromatic rings. The lowest BCUT2D eigenvalue weighted by atomic mass is 10.2. The van der Waals surface area contributed by atoms with E-state index in [1.54, 1.807) is 0 Å². The molecule has 0 aliphatic carbocycles. The van der Waals surface area contributed by atoms with Gasteiger partial charge in [-0.15, -0.1) is 0 Å². The smallest absolute Gasteiger partial charge is 0.320 e. The van der Waals surface area contributed by atoms with E-state index >= 15 is 0 Å². The van der Waals surface area contributed by atoms with Gasteiger partial charge in [-0.2, -0.15) is 0 Å². The molecule has 1 atom stereocenters. The van der Waals surface area contributed by atoms with Gasteiger partial charge in [0.1, 0.15) is 6.04 Å². The van der Waals surface area contributed by atoms with Crippen molar-refractivity contribution in [2.24, 2.45) is 11.5 Å². The molecule has 0 fully saturated rings. The molecule has 0 aromatic heterocycles. The number of carbonyl (C=O) groups is 1. The third kappa shape index (κ3) is 7.93. The predicted molar refractivity (Wildman–Crippen MR) is 59.4 cm³/mol. The summed E-state index contributed by atoms with van der Waals surface area (Å²) in [6.45, 7) is 2.80. The second kappa shape index (κ2) is 8.23. The molecule has 5 heteroatoms. The third-order valence-corrected chi connectivity index (χ3v) is 2.16. The van der Waals surface area contributed by atoms with E-state index < -0.39 is 12.0 Å². The Bertz CT molecular complexity index is 217.